The molecule has 0 bridgehead atoms. The molecule has 2 aliphatic heterocycles. The minimum atomic E-state index is -1.02. The van der Waals surface area contributed by atoms with E-state index in [1.807, 2.05) is 6.92 Å². The van der Waals surface area contributed by atoms with Crippen LogP contribution in [-0.2, 0) is 23.9 Å². The summed E-state index contributed by atoms with van der Waals surface area (Å²) in [5, 5.41) is 7.91. The molecular weight excluding hydrogens is 356 g/mol. The van der Waals surface area contributed by atoms with Gasteiger partial charge < -0.3 is 20.7 Å². The van der Waals surface area contributed by atoms with E-state index >= 15 is 0 Å². The molecule has 0 aromatic heterocycles. The van der Waals surface area contributed by atoms with Crippen molar-refractivity contribution in [3.05, 3.63) is 0 Å². The van der Waals surface area contributed by atoms with E-state index in [-0.39, 0.29) is 37.9 Å². The topological polar surface area (TPSA) is 134 Å². The van der Waals surface area contributed by atoms with E-state index in [2.05, 4.69) is 16.0 Å². The third-order valence-corrected chi connectivity index (χ3v) is 4.64. The molecule has 0 aliphatic carbocycles. The van der Waals surface area contributed by atoms with Gasteiger partial charge in [-0.15, -0.1) is 0 Å². The van der Waals surface area contributed by atoms with Gasteiger partial charge in [-0.2, -0.15) is 0 Å². The lowest BCUT2D eigenvalue weighted by atomic mass is 9.88. The summed E-state index contributed by atoms with van der Waals surface area (Å²) in [7, 11) is 0. The first-order chi connectivity index (χ1) is 12.4. The Hall–Kier alpha value is -2.65. The van der Waals surface area contributed by atoms with Gasteiger partial charge in [-0.3, -0.25) is 24.1 Å². The van der Waals surface area contributed by atoms with Crippen molar-refractivity contribution in [2.24, 2.45) is 11.3 Å². The fraction of sp³-hybridized carbons (Fsp3) is 0.706. The van der Waals surface area contributed by atoms with E-state index in [1.165, 1.54) is 0 Å². The molecule has 2 aliphatic rings. The van der Waals surface area contributed by atoms with E-state index in [0.29, 0.717) is 6.54 Å². The van der Waals surface area contributed by atoms with Crippen LogP contribution in [0.5, 0.6) is 0 Å². The molecule has 2 heterocycles. The van der Waals surface area contributed by atoms with Crippen LogP contribution in [0.25, 0.3) is 0 Å². The Balaban J connectivity index is 1.72. The van der Waals surface area contributed by atoms with Crippen molar-refractivity contribution in [3.8, 4) is 0 Å². The molecule has 2 unspecified atom stereocenters. The highest BCUT2D eigenvalue weighted by molar-refractivity contribution is 6.08. The Morgan fingerprint density at radius 1 is 1.19 bits per heavy atom. The van der Waals surface area contributed by atoms with Gasteiger partial charge in [0.05, 0.1) is 11.8 Å². The van der Waals surface area contributed by atoms with Crippen molar-refractivity contribution in [1.29, 1.82) is 0 Å². The highest BCUT2D eigenvalue weighted by Crippen LogP contribution is 2.28. The third-order valence-electron chi connectivity index (χ3n) is 4.64. The highest BCUT2D eigenvalue weighted by atomic mass is 16.5. The molecular formula is C17H26N4O6. The monoisotopic (exact) mass is 382 g/mol. The van der Waals surface area contributed by atoms with Crippen molar-refractivity contribution < 1.29 is 28.7 Å². The summed E-state index contributed by atoms with van der Waals surface area (Å²) < 4.78 is 4.85. The van der Waals surface area contributed by atoms with E-state index in [4.69, 9.17) is 4.74 Å². The van der Waals surface area contributed by atoms with Gasteiger partial charge in [-0.25, -0.2) is 4.79 Å². The van der Waals surface area contributed by atoms with Crippen molar-refractivity contribution in [3.63, 3.8) is 0 Å². The first kappa shape index (κ1) is 20.7. The number of amides is 5. The summed E-state index contributed by atoms with van der Waals surface area (Å²) >= 11 is 0. The van der Waals surface area contributed by atoms with E-state index in [1.54, 1.807) is 20.8 Å². The lowest BCUT2D eigenvalue weighted by Gasteiger charge is -2.21. The van der Waals surface area contributed by atoms with Crippen LogP contribution >= 0.6 is 0 Å². The Morgan fingerprint density at radius 2 is 1.81 bits per heavy atom. The molecule has 0 spiro atoms. The maximum atomic E-state index is 12.2. The second-order valence-electron chi connectivity index (χ2n) is 7.96. The molecule has 2 rings (SSSR count). The Labute approximate surface area is 157 Å². The number of imide groups is 1. The van der Waals surface area contributed by atoms with Crippen molar-refractivity contribution >= 4 is 29.7 Å². The van der Waals surface area contributed by atoms with Crippen LogP contribution in [0, 0.1) is 11.3 Å². The minimum Gasteiger partial charge on any atom is -0.464 e. The summed E-state index contributed by atoms with van der Waals surface area (Å²) in [5.41, 5.74) is -1.88. The van der Waals surface area contributed by atoms with Crippen LogP contribution in [0.15, 0.2) is 0 Å². The predicted molar refractivity (Wildman–Crippen MR) is 93.2 cm³/mol. The van der Waals surface area contributed by atoms with Crippen LogP contribution in [0.1, 0.15) is 34.1 Å². The Kier molecular flexibility index (Phi) is 5.76. The largest absolute Gasteiger partial charge is 0.464 e. The normalized spacial score (nSPS) is 25.0. The number of rotatable bonds is 7. The average Bonchev–Trinajstić information content (AvgIpc) is 3.02. The summed E-state index contributed by atoms with van der Waals surface area (Å²) in [6.45, 7) is 6.90. The van der Waals surface area contributed by atoms with Gasteiger partial charge in [0.2, 0.25) is 11.8 Å². The molecule has 0 radical (unpaired) electrons. The number of esters is 1. The maximum Gasteiger partial charge on any atom is 0.325 e. The summed E-state index contributed by atoms with van der Waals surface area (Å²) in [6, 6.07) is -0.595. The van der Waals surface area contributed by atoms with Gasteiger partial charge in [0.25, 0.3) is 5.91 Å². The fourth-order valence-corrected chi connectivity index (χ4v) is 2.81. The zero-order valence-corrected chi connectivity index (χ0v) is 16.0. The summed E-state index contributed by atoms with van der Waals surface area (Å²) in [6.07, 6.45) is 0.0478. The second kappa shape index (κ2) is 7.53. The van der Waals surface area contributed by atoms with Crippen LogP contribution in [0.2, 0.25) is 0 Å². The number of urea groups is 1. The molecule has 0 aromatic rings. The number of ether oxygens (including phenoxy) is 1. The van der Waals surface area contributed by atoms with E-state index in [9.17, 15) is 24.0 Å². The van der Waals surface area contributed by atoms with Gasteiger partial charge in [-0.05, 0) is 26.7 Å². The van der Waals surface area contributed by atoms with Gasteiger partial charge in [-0.1, -0.05) is 6.92 Å². The van der Waals surface area contributed by atoms with Crippen molar-refractivity contribution in [2.75, 3.05) is 26.2 Å². The molecule has 2 saturated heterocycles. The van der Waals surface area contributed by atoms with Crippen molar-refractivity contribution in [2.45, 2.75) is 39.7 Å². The zero-order valence-electron chi connectivity index (χ0n) is 16.0. The molecule has 2 atom stereocenters. The SMILES string of the molecule is CC(CNC(=O)CN1C(=O)NC(C)(C)C1=O)CNC(=O)C1(C)COC(=O)C1. The van der Waals surface area contributed by atoms with Crippen LogP contribution in [0.4, 0.5) is 4.79 Å². The third kappa shape index (κ3) is 4.75. The summed E-state index contributed by atoms with van der Waals surface area (Å²) in [4.78, 5) is 60.1. The fourth-order valence-electron chi connectivity index (χ4n) is 2.81. The molecule has 3 N–H and O–H groups in total. The van der Waals surface area contributed by atoms with Crippen molar-refractivity contribution in [1.82, 2.24) is 20.9 Å². The van der Waals surface area contributed by atoms with E-state index in [0.717, 1.165) is 4.90 Å². The lowest BCUT2D eigenvalue weighted by molar-refractivity contribution is -0.138. The first-order valence-corrected chi connectivity index (χ1v) is 8.79. The average molecular weight is 382 g/mol. The van der Waals surface area contributed by atoms with E-state index < -0.39 is 34.8 Å². The standard InChI is InChI=1S/C17H26N4O6/c1-10(7-19-13(24)17(4)5-12(23)27-9-17)6-18-11(22)8-21-14(25)16(2,3)20-15(21)26/h10H,5-9H2,1-4H3,(H,18,22)(H,19,24)(H,20,26). The number of carbonyl (C=O) groups excluding carboxylic acids is 5. The molecule has 0 aromatic carbocycles. The molecule has 0 saturated carbocycles. The Bertz CT molecular complexity index is 676. The van der Waals surface area contributed by atoms with Gasteiger partial charge in [0, 0.05) is 13.1 Å². The molecule has 10 nitrogen and oxygen atoms in total. The number of hydrogen-bond donors (Lipinski definition) is 3. The Morgan fingerprint density at radius 3 is 2.33 bits per heavy atom. The predicted octanol–water partition coefficient (Wildman–Crippen LogP) is -0.861. The number of cyclic esters (lactones) is 1. The number of nitrogens with one attached hydrogen (secondary N) is 3. The molecule has 2 fully saturated rings. The van der Waals surface area contributed by atoms with Crippen LogP contribution in [0.3, 0.4) is 0 Å². The smallest absolute Gasteiger partial charge is 0.325 e. The summed E-state index contributed by atoms with van der Waals surface area (Å²) in [5.74, 6) is -1.66. The van der Waals surface area contributed by atoms with Gasteiger partial charge in [0.15, 0.2) is 0 Å². The van der Waals surface area contributed by atoms with Gasteiger partial charge >= 0.3 is 12.0 Å². The lowest BCUT2D eigenvalue weighted by Crippen LogP contribution is -2.45. The minimum absolute atomic E-state index is 0.0478. The molecule has 10 heteroatoms. The number of carbonyl (C=O) groups is 5. The second-order valence-corrected chi connectivity index (χ2v) is 7.96. The highest BCUT2D eigenvalue weighted by Gasteiger charge is 2.45. The molecule has 5 amide bonds. The first-order valence-electron chi connectivity index (χ1n) is 8.79. The molecule has 27 heavy (non-hydrogen) atoms. The quantitative estimate of drug-likeness (QED) is 0.387. The van der Waals surface area contributed by atoms with Crippen LogP contribution < -0.4 is 16.0 Å². The maximum absolute atomic E-state index is 12.2. The van der Waals surface area contributed by atoms with Crippen LogP contribution in [-0.4, -0.2) is 66.4 Å². The number of hydrogen-bond acceptors (Lipinski definition) is 6. The zero-order chi connectivity index (χ0) is 20.4. The molecule has 150 valence electrons. The number of nitrogens with zero attached hydrogens (tertiary/aromatic N) is 1. The van der Waals surface area contributed by atoms with Gasteiger partial charge in [0.1, 0.15) is 18.7 Å².